The fourth-order valence-electron chi connectivity index (χ4n) is 6.14. The largest absolute Gasteiger partial charge is 0.399 e. The van der Waals surface area contributed by atoms with Gasteiger partial charge in [0, 0.05) is 18.5 Å². The highest BCUT2D eigenvalue weighted by atomic mass is 16.1. The van der Waals surface area contributed by atoms with E-state index in [1.165, 1.54) is 161 Å². The molecule has 0 aliphatic rings. The van der Waals surface area contributed by atoms with E-state index in [2.05, 4.69) is 18.8 Å². The smallest absolute Gasteiger partial charge is 0.234 e. The third kappa shape index (κ3) is 38.1. The van der Waals surface area contributed by atoms with Crippen molar-refractivity contribution in [1.29, 1.82) is 0 Å². The Morgan fingerprint density at radius 2 is 0.840 bits per heavy atom. The average Bonchev–Trinajstić information content (AvgIpc) is 3.13. The first kappa shape index (κ1) is 47.3. The van der Waals surface area contributed by atoms with Gasteiger partial charge >= 0.3 is 0 Å². The van der Waals surface area contributed by atoms with Crippen LogP contribution >= 0.6 is 0 Å². The van der Waals surface area contributed by atoms with Gasteiger partial charge in [0.05, 0.1) is 6.54 Å². The molecule has 2 rings (SSSR count). The van der Waals surface area contributed by atoms with E-state index in [1.807, 2.05) is 60.7 Å². The minimum absolute atomic E-state index is 0.394. The molecular weight excluding hydrogens is 613 g/mol. The Bertz CT molecular complexity index is 988. The number of anilines is 1. The number of carbonyl (C=O) groups excluding carboxylic acids is 2. The number of nitrogens with zero attached hydrogens (tertiary/aromatic N) is 1. The van der Waals surface area contributed by atoms with Gasteiger partial charge in [-0.1, -0.05) is 223 Å². The molecule has 0 saturated carbocycles. The van der Waals surface area contributed by atoms with Crippen molar-refractivity contribution >= 4 is 17.6 Å². The molecule has 0 atom stereocenters. The fraction of sp³-hybridized carbons (Fsp3) is 0.696. The number of para-hydroxylation sites is 1. The first-order valence-electron chi connectivity index (χ1n) is 21.0. The Labute approximate surface area is 309 Å². The molecule has 0 saturated heterocycles. The van der Waals surface area contributed by atoms with E-state index in [0.717, 1.165) is 30.5 Å². The van der Waals surface area contributed by atoms with Crippen molar-refractivity contribution in [2.24, 2.45) is 4.99 Å². The lowest BCUT2D eigenvalue weighted by Gasteiger charge is -2.04. The van der Waals surface area contributed by atoms with E-state index in [-0.39, 0.29) is 0 Å². The van der Waals surface area contributed by atoms with Crippen molar-refractivity contribution in [3.05, 3.63) is 66.2 Å². The number of rotatable bonds is 31. The molecule has 2 N–H and O–H groups in total. The highest BCUT2D eigenvalue weighted by Crippen LogP contribution is 2.15. The lowest BCUT2D eigenvalue weighted by atomic mass is 10.0. The quantitative estimate of drug-likeness (QED) is 0.0370. The second-order valence-corrected chi connectivity index (χ2v) is 14.2. The van der Waals surface area contributed by atoms with Gasteiger partial charge in [-0.05, 0) is 30.5 Å². The molecule has 2 aromatic rings. The zero-order valence-corrected chi connectivity index (χ0v) is 32.8. The maximum atomic E-state index is 11.9. The highest BCUT2D eigenvalue weighted by Gasteiger charge is 2.03. The Balaban J connectivity index is 0.000000830. The van der Waals surface area contributed by atoms with Crippen LogP contribution in [0.1, 0.15) is 199 Å². The molecule has 0 aliphatic heterocycles. The summed E-state index contributed by atoms with van der Waals surface area (Å²) in [6.07, 6.45) is 39.6. The molecule has 0 bridgehead atoms. The Morgan fingerprint density at radius 3 is 1.18 bits per heavy atom. The number of hydrogen-bond donors (Lipinski definition) is 1. The van der Waals surface area contributed by atoms with Crippen LogP contribution in [0.3, 0.4) is 0 Å². The van der Waals surface area contributed by atoms with Crippen LogP contribution in [0, 0.1) is 0 Å². The van der Waals surface area contributed by atoms with Crippen molar-refractivity contribution in [3.8, 4) is 0 Å². The van der Waals surface area contributed by atoms with Crippen LogP contribution in [0.4, 0.5) is 5.69 Å². The monoisotopic (exact) mass is 691 g/mol. The maximum absolute atomic E-state index is 11.9. The van der Waals surface area contributed by atoms with Crippen LogP contribution in [0.15, 0.2) is 65.7 Å². The molecule has 0 heterocycles. The zero-order chi connectivity index (χ0) is 36.4. The molecule has 0 fully saturated rings. The summed E-state index contributed by atoms with van der Waals surface area (Å²) in [6, 6.07) is 19.6. The minimum atomic E-state index is 0.394. The van der Waals surface area contributed by atoms with E-state index in [9.17, 15) is 9.59 Å². The summed E-state index contributed by atoms with van der Waals surface area (Å²) in [5.74, 6) is 0.394. The van der Waals surface area contributed by atoms with Crippen molar-refractivity contribution in [1.82, 2.24) is 0 Å². The average molecular weight is 691 g/mol. The van der Waals surface area contributed by atoms with Crippen LogP contribution < -0.4 is 5.73 Å². The first-order chi connectivity index (χ1) is 24.6. The van der Waals surface area contributed by atoms with Crippen LogP contribution in [0.25, 0.3) is 0 Å². The first-order valence-corrected chi connectivity index (χ1v) is 21.0. The second-order valence-electron chi connectivity index (χ2n) is 14.2. The van der Waals surface area contributed by atoms with Gasteiger partial charge in [-0.25, -0.2) is 9.79 Å². The number of aliphatic imine (C=N–C) groups is 1. The molecule has 0 radical (unpaired) electrons. The summed E-state index contributed by atoms with van der Waals surface area (Å²) in [5.41, 5.74) is 7.33. The summed E-state index contributed by atoms with van der Waals surface area (Å²) < 4.78 is 0. The number of nitrogen functional groups attached to an aromatic ring is 1. The number of unbranched alkanes of at least 4 members (excludes halogenated alkanes) is 25. The number of nitrogens with two attached hydrogens (primary N) is 1. The fourth-order valence-corrected chi connectivity index (χ4v) is 6.14. The molecule has 284 valence electrons. The molecule has 2 aromatic carbocycles. The van der Waals surface area contributed by atoms with E-state index >= 15 is 0 Å². The normalized spacial score (nSPS) is 10.4. The molecule has 0 unspecified atom stereocenters. The maximum Gasteiger partial charge on any atom is 0.234 e. The molecule has 0 spiro atoms. The van der Waals surface area contributed by atoms with E-state index in [4.69, 9.17) is 5.73 Å². The lowest BCUT2D eigenvalue weighted by molar-refractivity contribution is -0.118. The molecule has 50 heavy (non-hydrogen) atoms. The second kappa shape index (κ2) is 40.7. The molecule has 4 nitrogen and oxygen atoms in total. The minimum Gasteiger partial charge on any atom is -0.399 e. The summed E-state index contributed by atoms with van der Waals surface area (Å²) in [5, 5.41) is 0. The molecule has 0 amide bonds. The number of carbonyl (C=O) groups is 1. The molecule has 0 aromatic heterocycles. The molecule has 0 aliphatic carbocycles. The van der Waals surface area contributed by atoms with Gasteiger partial charge in [-0.15, -0.1) is 0 Å². The predicted molar refractivity (Wildman–Crippen MR) is 220 cm³/mol. The number of ketones is 1. The topological polar surface area (TPSA) is 72.5 Å². The van der Waals surface area contributed by atoms with Crippen LogP contribution in [0.5, 0.6) is 0 Å². The summed E-state index contributed by atoms with van der Waals surface area (Å²) >= 11 is 0. The number of Topliss-reactive ketones (excluding diaryl/α,β-unsaturated/α-hetero) is 1. The number of benzene rings is 2. The SMILES string of the molecule is CCCCCCCCCCCCCCCCC(=O)Cc1ccccc1.CCCCCCCCCCCCCCCN=C=O.Nc1ccccc1. The van der Waals surface area contributed by atoms with E-state index in [0.29, 0.717) is 18.7 Å². The van der Waals surface area contributed by atoms with Crippen LogP contribution in [-0.4, -0.2) is 18.4 Å². The summed E-state index contributed by atoms with van der Waals surface area (Å²) in [7, 11) is 0. The van der Waals surface area contributed by atoms with Gasteiger partial charge in [-0.3, -0.25) is 4.79 Å². The van der Waals surface area contributed by atoms with Gasteiger partial charge < -0.3 is 5.73 Å². The Hall–Kier alpha value is -2.71. The van der Waals surface area contributed by atoms with Crippen molar-refractivity contribution in [2.75, 3.05) is 12.3 Å². The van der Waals surface area contributed by atoms with Gasteiger partial charge in [0.25, 0.3) is 0 Å². The molecular formula is C46H78N2O2. The van der Waals surface area contributed by atoms with Gasteiger partial charge in [0.15, 0.2) is 0 Å². The third-order valence-electron chi connectivity index (χ3n) is 9.29. The Morgan fingerprint density at radius 1 is 0.500 bits per heavy atom. The number of hydrogen-bond acceptors (Lipinski definition) is 4. The third-order valence-corrected chi connectivity index (χ3v) is 9.29. The zero-order valence-electron chi connectivity index (χ0n) is 32.8. The van der Waals surface area contributed by atoms with Crippen LogP contribution in [0.2, 0.25) is 0 Å². The van der Waals surface area contributed by atoms with Crippen LogP contribution in [-0.2, 0) is 16.0 Å². The predicted octanol–water partition coefficient (Wildman–Crippen LogP) is 14.4. The highest BCUT2D eigenvalue weighted by molar-refractivity contribution is 5.80. The van der Waals surface area contributed by atoms with Crippen molar-refractivity contribution < 1.29 is 9.59 Å². The van der Waals surface area contributed by atoms with E-state index in [1.54, 1.807) is 6.08 Å². The standard InChI is InChI=1S/C24H40O.C16H31NO.C6H7N/c1-2-3-4-5-6-7-8-9-10-11-12-13-14-18-21-24(25)22-23-19-16-15-17-20-23;1-2-3-4-5-6-7-8-9-10-11-12-13-14-15-17-16-18;7-6-4-2-1-3-5-6/h15-17,19-20H,2-14,18,21-22H2,1H3;2-15H2,1H3;1-5H,7H2. The van der Waals surface area contributed by atoms with Crippen molar-refractivity contribution in [3.63, 3.8) is 0 Å². The van der Waals surface area contributed by atoms with Crippen molar-refractivity contribution in [2.45, 2.75) is 200 Å². The Kier molecular flexibility index (Phi) is 38.5. The van der Waals surface area contributed by atoms with Gasteiger partial charge in [-0.2, -0.15) is 0 Å². The van der Waals surface area contributed by atoms with Gasteiger partial charge in [0.1, 0.15) is 5.78 Å². The van der Waals surface area contributed by atoms with E-state index < -0.39 is 0 Å². The lowest BCUT2D eigenvalue weighted by Crippen LogP contribution is -2.02. The summed E-state index contributed by atoms with van der Waals surface area (Å²) in [6.45, 7) is 5.22. The van der Waals surface area contributed by atoms with Gasteiger partial charge in [0.2, 0.25) is 6.08 Å². The summed E-state index contributed by atoms with van der Waals surface area (Å²) in [4.78, 5) is 25.3. The number of isocyanates is 1. The molecule has 4 heteroatoms.